The normalized spacial score (nSPS) is 23.4. The summed E-state index contributed by atoms with van der Waals surface area (Å²) in [6, 6.07) is 8.70. The molecule has 1 aromatic heterocycles. The molecular weight excluding hydrogens is 260 g/mol. The smallest absolute Gasteiger partial charge is 0.0834 e. The molecule has 0 amide bonds. The van der Waals surface area contributed by atoms with Gasteiger partial charge in [0.05, 0.1) is 22.8 Å². The monoisotopic (exact) mass is 284 g/mol. The molecule has 3 rings (SSSR count). The number of anilines is 1. The molecule has 0 saturated carbocycles. The predicted octanol–water partition coefficient (Wildman–Crippen LogP) is 4.30. The van der Waals surface area contributed by atoms with Gasteiger partial charge in [0, 0.05) is 17.3 Å². The van der Waals surface area contributed by atoms with E-state index >= 15 is 0 Å². The summed E-state index contributed by atoms with van der Waals surface area (Å²) in [5.74, 6) is 0. The summed E-state index contributed by atoms with van der Waals surface area (Å²) < 4.78 is 6.18. The number of benzene rings is 1. The van der Waals surface area contributed by atoms with Crippen LogP contribution in [0.2, 0.25) is 0 Å². The molecule has 1 fully saturated rings. The van der Waals surface area contributed by atoms with Crippen LogP contribution in [0.4, 0.5) is 5.69 Å². The van der Waals surface area contributed by atoms with Crippen LogP contribution in [0.3, 0.4) is 0 Å². The van der Waals surface area contributed by atoms with Crippen LogP contribution in [0.5, 0.6) is 0 Å². The first kappa shape index (κ1) is 14.3. The van der Waals surface area contributed by atoms with E-state index in [0.29, 0.717) is 6.04 Å². The molecule has 1 unspecified atom stereocenters. The Labute approximate surface area is 126 Å². The molecule has 1 aliphatic rings. The summed E-state index contributed by atoms with van der Waals surface area (Å²) in [5, 5.41) is 4.87. The van der Waals surface area contributed by atoms with E-state index < -0.39 is 0 Å². The average Bonchev–Trinajstić information content (AvgIpc) is 2.61. The van der Waals surface area contributed by atoms with E-state index in [1.54, 1.807) is 0 Å². The molecule has 3 nitrogen and oxygen atoms in total. The lowest BCUT2D eigenvalue weighted by Crippen LogP contribution is -2.38. The van der Waals surface area contributed by atoms with Crippen LogP contribution >= 0.6 is 0 Å². The summed E-state index contributed by atoms with van der Waals surface area (Å²) >= 11 is 0. The first-order valence-corrected chi connectivity index (χ1v) is 7.60. The maximum atomic E-state index is 6.18. The molecule has 2 heterocycles. The van der Waals surface area contributed by atoms with Crippen molar-refractivity contribution in [3.05, 3.63) is 36.0 Å². The number of nitrogens with zero attached hydrogens (tertiary/aromatic N) is 1. The number of hydrogen-bond acceptors (Lipinski definition) is 3. The second-order valence-corrected chi connectivity index (χ2v) is 7.20. The SMILES string of the molecule is Cc1ccc(NC2CC(C)(C)OC2(C)C)c2cccnc12. The molecule has 0 aliphatic carbocycles. The molecular formula is C18H24N2O. The fraction of sp³-hybridized carbons (Fsp3) is 0.500. The highest BCUT2D eigenvalue weighted by atomic mass is 16.5. The van der Waals surface area contributed by atoms with Gasteiger partial charge in [-0.25, -0.2) is 0 Å². The van der Waals surface area contributed by atoms with Crippen molar-refractivity contribution in [3.63, 3.8) is 0 Å². The zero-order chi connectivity index (χ0) is 15.3. The Morgan fingerprint density at radius 1 is 1.19 bits per heavy atom. The van der Waals surface area contributed by atoms with Crippen molar-refractivity contribution in [2.75, 3.05) is 5.32 Å². The van der Waals surface area contributed by atoms with Crippen molar-refractivity contribution in [3.8, 4) is 0 Å². The molecule has 1 saturated heterocycles. The van der Waals surface area contributed by atoms with E-state index in [1.807, 2.05) is 12.3 Å². The summed E-state index contributed by atoms with van der Waals surface area (Å²) in [5.41, 5.74) is 3.16. The van der Waals surface area contributed by atoms with Crippen molar-refractivity contribution >= 4 is 16.6 Å². The second kappa shape index (κ2) is 4.70. The summed E-state index contributed by atoms with van der Waals surface area (Å²) in [6.45, 7) is 10.7. The summed E-state index contributed by atoms with van der Waals surface area (Å²) in [6.07, 6.45) is 2.85. The van der Waals surface area contributed by atoms with Crippen molar-refractivity contribution in [1.29, 1.82) is 0 Å². The minimum atomic E-state index is -0.178. The minimum Gasteiger partial charge on any atom is -0.379 e. The lowest BCUT2D eigenvalue weighted by atomic mass is 9.94. The third-order valence-corrected chi connectivity index (χ3v) is 4.38. The van der Waals surface area contributed by atoms with Crippen LogP contribution < -0.4 is 5.32 Å². The van der Waals surface area contributed by atoms with Crippen molar-refractivity contribution in [1.82, 2.24) is 4.98 Å². The van der Waals surface area contributed by atoms with Gasteiger partial charge in [-0.1, -0.05) is 6.07 Å². The summed E-state index contributed by atoms with van der Waals surface area (Å²) in [4.78, 5) is 4.51. The standard InChI is InChI=1S/C18H24N2O/c1-12-8-9-14(13-7-6-10-19-16(12)13)20-15-11-17(2,3)21-18(15,4)5/h6-10,15,20H,11H2,1-5H3. The highest BCUT2D eigenvalue weighted by Gasteiger charge is 2.45. The molecule has 2 aromatic rings. The van der Waals surface area contributed by atoms with Crippen molar-refractivity contribution in [2.45, 2.75) is 58.3 Å². The Kier molecular flexibility index (Phi) is 3.21. The molecule has 21 heavy (non-hydrogen) atoms. The third kappa shape index (κ3) is 2.62. The number of pyridine rings is 1. The third-order valence-electron chi connectivity index (χ3n) is 4.38. The number of hydrogen-bond donors (Lipinski definition) is 1. The Bertz CT molecular complexity index is 676. The fourth-order valence-electron chi connectivity index (χ4n) is 3.41. The van der Waals surface area contributed by atoms with Gasteiger partial charge in [-0.15, -0.1) is 0 Å². The Balaban J connectivity index is 1.98. The quantitative estimate of drug-likeness (QED) is 0.892. The van der Waals surface area contributed by atoms with Crippen molar-refractivity contribution in [2.24, 2.45) is 0 Å². The van der Waals surface area contributed by atoms with E-state index in [0.717, 1.165) is 17.6 Å². The first-order chi connectivity index (χ1) is 9.78. The van der Waals surface area contributed by atoms with Crippen LogP contribution in [0.25, 0.3) is 10.9 Å². The van der Waals surface area contributed by atoms with Gasteiger partial charge in [-0.05, 0) is 64.8 Å². The molecule has 1 aromatic carbocycles. The van der Waals surface area contributed by atoms with E-state index in [4.69, 9.17) is 4.74 Å². The van der Waals surface area contributed by atoms with Gasteiger partial charge in [-0.3, -0.25) is 4.98 Å². The second-order valence-electron chi connectivity index (χ2n) is 7.20. The average molecular weight is 284 g/mol. The molecule has 3 heteroatoms. The first-order valence-electron chi connectivity index (χ1n) is 7.60. The Hall–Kier alpha value is -1.61. The molecule has 1 atom stereocenters. The van der Waals surface area contributed by atoms with Gasteiger partial charge in [0.2, 0.25) is 0 Å². The van der Waals surface area contributed by atoms with Gasteiger partial charge in [0.1, 0.15) is 0 Å². The highest BCUT2D eigenvalue weighted by molar-refractivity contribution is 5.93. The zero-order valence-electron chi connectivity index (χ0n) is 13.5. The number of nitrogens with one attached hydrogen (secondary N) is 1. The van der Waals surface area contributed by atoms with Crippen LogP contribution in [0.15, 0.2) is 30.5 Å². The fourth-order valence-corrected chi connectivity index (χ4v) is 3.41. The number of ether oxygens (including phenoxy) is 1. The maximum absolute atomic E-state index is 6.18. The molecule has 1 aliphatic heterocycles. The van der Waals surface area contributed by atoms with Crippen LogP contribution in [-0.4, -0.2) is 22.2 Å². The van der Waals surface area contributed by atoms with Gasteiger partial charge in [-0.2, -0.15) is 0 Å². The number of aromatic nitrogens is 1. The lowest BCUT2D eigenvalue weighted by molar-refractivity contribution is -0.0662. The maximum Gasteiger partial charge on any atom is 0.0834 e. The van der Waals surface area contributed by atoms with Crippen molar-refractivity contribution < 1.29 is 4.74 Å². The van der Waals surface area contributed by atoms with Gasteiger partial charge in [0.15, 0.2) is 0 Å². The van der Waals surface area contributed by atoms with E-state index in [1.165, 1.54) is 10.9 Å². The molecule has 1 N–H and O–H groups in total. The van der Waals surface area contributed by atoms with E-state index in [2.05, 4.69) is 63.1 Å². The lowest BCUT2D eigenvalue weighted by Gasteiger charge is -2.28. The summed E-state index contributed by atoms with van der Waals surface area (Å²) in [7, 11) is 0. The van der Waals surface area contributed by atoms with Crippen LogP contribution in [-0.2, 0) is 4.74 Å². The van der Waals surface area contributed by atoms with Gasteiger partial charge >= 0.3 is 0 Å². The minimum absolute atomic E-state index is 0.0834. The molecule has 0 bridgehead atoms. The number of aryl methyl sites for hydroxylation is 1. The van der Waals surface area contributed by atoms with Crippen LogP contribution in [0, 0.1) is 6.92 Å². The largest absolute Gasteiger partial charge is 0.379 e. The Morgan fingerprint density at radius 2 is 1.95 bits per heavy atom. The van der Waals surface area contributed by atoms with Gasteiger partial charge < -0.3 is 10.1 Å². The highest BCUT2D eigenvalue weighted by Crippen LogP contribution is 2.39. The molecule has 112 valence electrons. The van der Waals surface area contributed by atoms with Gasteiger partial charge in [0.25, 0.3) is 0 Å². The van der Waals surface area contributed by atoms with Crippen LogP contribution in [0.1, 0.15) is 39.7 Å². The molecule has 0 spiro atoms. The Morgan fingerprint density at radius 3 is 2.62 bits per heavy atom. The van der Waals surface area contributed by atoms with E-state index in [9.17, 15) is 0 Å². The predicted molar refractivity (Wildman–Crippen MR) is 87.8 cm³/mol. The van der Waals surface area contributed by atoms with E-state index in [-0.39, 0.29) is 11.2 Å². The number of fused-ring (bicyclic) bond motifs is 1. The zero-order valence-corrected chi connectivity index (χ0v) is 13.5. The molecule has 0 radical (unpaired) electrons. The number of rotatable bonds is 2. The topological polar surface area (TPSA) is 34.1 Å².